The van der Waals surface area contributed by atoms with Crippen LogP contribution in [0.15, 0.2) is 23.8 Å². The molecule has 0 fully saturated rings. The third-order valence-corrected chi connectivity index (χ3v) is 5.97. The summed E-state index contributed by atoms with van der Waals surface area (Å²) in [5, 5.41) is 0. The van der Waals surface area contributed by atoms with Crippen LogP contribution in [0.25, 0.3) is 17.2 Å². The third kappa shape index (κ3) is 2.51. The van der Waals surface area contributed by atoms with Crippen molar-refractivity contribution in [2.24, 2.45) is 5.73 Å². The lowest BCUT2D eigenvalue weighted by molar-refractivity contribution is 0.0999. The molecule has 0 atom stereocenters. The van der Waals surface area contributed by atoms with Crippen molar-refractivity contribution in [2.45, 2.75) is 59.3 Å². The molecule has 0 aromatic heterocycles. The summed E-state index contributed by atoms with van der Waals surface area (Å²) >= 11 is 0. The second-order valence-electron chi connectivity index (χ2n) is 8.94. The molecule has 134 valence electrons. The zero-order valence-corrected chi connectivity index (χ0v) is 16.4. The van der Waals surface area contributed by atoms with Gasteiger partial charge in [-0.25, -0.2) is 0 Å². The van der Waals surface area contributed by atoms with Crippen molar-refractivity contribution in [3.63, 3.8) is 0 Å². The zero-order valence-electron chi connectivity index (χ0n) is 16.4. The number of nitrogens with two attached hydrogens (primary N) is 1. The number of benzene rings is 2. The van der Waals surface area contributed by atoms with Gasteiger partial charge in [0.2, 0.25) is 5.91 Å². The second kappa shape index (κ2) is 5.57. The molecule has 2 aliphatic rings. The van der Waals surface area contributed by atoms with E-state index in [0.717, 1.165) is 24.8 Å². The SMILES string of the molecule is CC1=Cc2cc(C(C)(C)C)cc(-c3c(C)c(C(N)=O)cc4c3CC4)c2C1. The first-order chi connectivity index (χ1) is 12.2. The van der Waals surface area contributed by atoms with Crippen LogP contribution in [0.5, 0.6) is 0 Å². The molecule has 0 spiro atoms. The highest BCUT2D eigenvalue weighted by molar-refractivity contribution is 5.98. The maximum Gasteiger partial charge on any atom is 0.248 e. The van der Waals surface area contributed by atoms with Crippen LogP contribution >= 0.6 is 0 Å². The van der Waals surface area contributed by atoms with Gasteiger partial charge in [0.1, 0.15) is 0 Å². The second-order valence-corrected chi connectivity index (χ2v) is 8.94. The van der Waals surface area contributed by atoms with E-state index < -0.39 is 0 Å². The Balaban J connectivity index is 2.04. The summed E-state index contributed by atoms with van der Waals surface area (Å²) in [4.78, 5) is 12.0. The summed E-state index contributed by atoms with van der Waals surface area (Å²) in [6, 6.07) is 6.71. The largest absolute Gasteiger partial charge is 0.366 e. The highest BCUT2D eigenvalue weighted by Gasteiger charge is 2.28. The molecule has 0 heterocycles. The van der Waals surface area contributed by atoms with E-state index >= 15 is 0 Å². The molecule has 2 aliphatic carbocycles. The van der Waals surface area contributed by atoms with Crippen LogP contribution in [0.2, 0.25) is 0 Å². The van der Waals surface area contributed by atoms with E-state index in [1.54, 1.807) is 0 Å². The fourth-order valence-corrected chi connectivity index (χ4v) is 4.38. The van der Waals surface area contributed by atoms with Gasteiger partial charge in [0.25, 0.3) is 0 Å². The van der Waals surface area contributed by atoms with Gasteiger partial charge in [-0.05, 0) is 89.1 Å². The minimum absolute atomic E-state index is 0.0798. The number of allylic oxidation sites excluding steroid dienone is 1. The normalized spacial score (nSPS) is 15.2. The van der Waals surface area contributed by atoms with E-state index in [4.69, 9.17) is 5.73 Å². The minimum Gasteiger partial charge on any atom is -0.366 e. The number of rotatable bonds is 2. The van der Waals surface area contributed by atoms with Crippen LogP contribution in [-0.4, -0.2) is 5.91 Å². The van der Waals surface area contributed by atoms with E-state index in [2.05, 4.69) is 52.8 Å². The molecule has 0 aliphatic heterocycles. The Hall–Kier alpha value is -2.35. The van der Waals surface area contributed by atoms with Gasteiger partial charge in [0.05, 0.1) is 0 Å². The Morgan fingerprint density at radius 3 is 2.35 bits per heavy atom. The van der Waals surface area contributed by atoms with Crippen molar-refractivity contribution < 1.29 is 4.79 Å². The number of fused-ring (bicyclic) bond motifs is 2. The summed E-state index contributed by atoms with van der Waals surface area (Å²) in [5.74, 6) is -0.323. The number of hydrogen-bond acceptors (Lipinski definition) is 1. The summed E-state index contributed by atoms with van der Waals surface area (Å²) in [7, 11) is 0. The topological polar surface area (TPSA) is 43.1 Å². The molecule has 2 N–H and O–H groups in total. The zero-order chi connectivity index (χ0) is 18.8. The van der Waals surface area contributed by atoms with E-state index in [1.165, 1.54) is 44.5 Å². The molecule has 0 saturated heterocycles. The highest BCUT2D eigenvalue weighted by atomic mass is 16.1. The maximum absolute atomic E-state index is 12.0. The van der Waals surface area contributed by atoms with E-state index in [9.17, 15) is 4.79 Å². The summed E-state index contributed by atoms with van der Waals surface area (Å²) in [5.41, 5.74) is 18.2. The number of primary amides is 1. The number of aryl methyl sites for hydroxylation is 1. The third-order valence-electron chi connectivity index (χ3n) is 5.97. The fourth-order valence-electron chi connectivity index (χ4n) is 4.38. The lowest BCUT2D eigenvalue weighted by Crippen LogP contribution is -2.20. The van der Waals surface area contributed by atoms with Gasteiger partial charge >= 0.3 is 0 Å². The first-order valence-corrected chi connectivity index (χ1v) is 9.47. The van der Waals surface area contributed by atoms with Gasteiger partial charge in [-0.1, -0.05) is 44.6 Å². The summed E-state index contributed by atoms with van der Waals surface area (Å²) in [6.07, 6.45) is 5.44. The Morgan fingerprint density at radius 1 is 1.04 bits per heavy atom. The fraction of sp³-hybridized carbons (Fsp3) is 0.375. The quantitative estimate of drug-likeness (QED) is 0.807. The molecule has 2 aromatic carbocycles. The monoisotopic (exact) mass is 345 g/mol. The standard InChI is InChI=1S/C24H27NO/c1-13-8-16-10-17(24(3,4)5)12-21(20(16)9-13)22-14(2)19(23(25)26)11-15-6-7-18(15)22/h8,10-12H,6-7,9H2,1-5H3,(H2,25,26). The number of amides is 1. The molecule has 1 amide bonds. The number of carbonyl (C=O) groups excluding carboxylic acids is 1. The van der Waals surface area contributed by atoms with Crippen LogP contribution in [0.1, 0.15) is 71.4 Å². The van der Waals surface area contributed by atoms with Gasteiger partial charge in [-0.15, -0.1) is 0 Å². The van der Waals surface area contributed by atoms with Gasteiger partial charge < -0.3 is 5.73 Å². The van der Waals surface area contributed by atoms with Crippen LogP contribution in [0.3, 0.4) is 0 Å². The molecule has 0 radical (unpaired) electrons. The van der Waals surface area contributed by atoms with Crippen molar-refractivity contribution >= 4 is 12.0 Å². The lowest BCUT2D eigenvalue weighted by atomic mass is 9.75. The van der Waals surface area contributed by atoms with Crippen LogP contribution < -0.4 is 5.73 Å². The van der Waals surface area contributed by atoms with Crippen molar-refractivity contribution in [1.29, 1.82) is 0 Å². The molecule has 26 heavy (non-hydrogen) atoms. The highest BCUT2D eigenvalue weighted by Crippen LogP contribution is 2.44. The van der Waals surface area contributed by atoms with Crippen molar-refractivity contribution in [2.75, 3.05) is 0 Å². The number of hydrogen-bond donors (Lipinski definition) is 1. The first-order valence-electron chi connectivity index (χ1n) is 9.47. The Morgan fingerprint density at radius 2 is 1.77 bits per heavy atom. The Bertz CT molecular complexity index is 986. The molecule has 2 aromatic rings. The van der Waals surface area contributed by atoms with Crippen molar-refractivity contribution in [3.8, 4) is 11.1 Å². The molecule has 4 rings (SSSR count). The van der Waals surface area contributed by atoms with Gasteiger partial charge in [0.15, 0.2) is 0 Å². The summed E-state index contributed by atoms with van der Waals surface area (Å²) in [6.45, 7) is 11.0. The number of carbonyl (C=O) groups is 1. The maximum atomic E-state index is 12.0. The smallest absolute Gasteiger partial charge is 0.248 e. The van der Waals surface area contributed by atoms with E-state index in [0.29, 0.717) is 5.56 Å². The molecule has 0 saturated carbocycles. The van der Waals surface area contributed by atoms with Gasteiger partial charge in [0, 0.05) is 5.56 Å². The Kier molecular flexibility index (Phi) is 3.66. The van der Waals surface area contributed by atoms with E-state index in [-0.39, 0.29) is 11.3 Å². The van der Waals surface area contributed by atoms with Crippen LogP contribution in [-0.2, 0) is 24.7 Å². The molecular formula is C24H27NO. The van der Waals surface area contributed by atoms with Crippen molar-refractivity contribution in [3.05, 3.63) is 62.7 Å². The average Bonchev–Trinajstić information content (AvgIpc) is 2.88. The minimum atomic E-state index is -0.323. The molecule has 0 unspecified atom stereocenters. The lowest BCUT2D eigenvalue weighted by Gasteiger charge is -2.29. The summed E-state index contributed by atoms with van der Waals surface area (Å²) < 4.78 is 0. The first kappa shape index (κ1) is 17.1. The van der Waals surface area contributed by atoms with Gasteiger partial charge in [-0.3, -0.25) is 4.79 Å². The van der Waals surface area contributed by atoms with Crippen LogP contribution in [0.4, 0.5) is 0 Å². The van der Waals surface area contributed by atoms with Crippen molar-refractivity contribution in [1.82, 2.24) is 0 Å². The molecular weight excluding hydrogens is 318 g/mol. The predicted molar refractivity (Wildman–Crippen MR) is 109 cm³/mol. The Labute approximate surface area is 156 Å². The predicted octanol–water partition coefficient (Wildman–Crippen LogP) is 5.12. The van der Waals surface area contributed by atoms with Crippen LogP contribution in [0, 0.1) is 6.92 Å². The van der Waals surface area contributed by atoms with E-state index in [1.807, 2.05) is 6.07 Å². The molecule has 2 nitrogen and oxygen atoms in total. The average molecular weight is 345 g/mol. The molecule has 0 bridgehead atoms. The van der Waals surface area contributed by atoms with Gasteiger partial charge in [-0.2, -0.15) is 0 Å². The molecule has 2 heteroatoms.